The second-order valence-electron chi connectivity index (χ2n) is 11.1. The summed E-state index contributed by atoms with van der Waals surface area (Å²) in [6.45, 7) is 18.8. The van der Waals surface area contributed by atoms with E-state index in [2.05, 4.69) is 22.0 Å². The molecule has 1 amide bonds. The predicted molar refractivity (Wildman–Crippen MR) is 133 cm³/mol. The fraction of sp³-hybridized carbons (Fsp3) is 0.519. The number of benzene rings is 1. The minimum Gasteiger partial charge on any atom is -0.444 e. The number of carbonyl (C=O) groups is 1. The summed E-state index contributed by atoms with van der Waals surface area (Å²) in [5, 5.41) is 3.31. The summed E-state index contributed by atoms with van der Waals surface area (Å²) >= 11 is 0. The third-order valence-electron chi connectivity index (χ3n) is 7.64. The molecule has 9 heteroatoms. The van der Waals surface area contributed by atoms with E-state index in [1.54, 1.807) is 4.90 Å². The maximum Gasteiger partial charge on any atom is 0.410 e. The van der Waals surface area contributed by atoms with Crippen LogP contribution in [0.4, 0.5) is 25.1 Å². The molecular weight excluding hydrogens is 464 g/mol. The van der Waals surface area contributed by atoms with E-state index in [1.165, 1.54) is 12.1 Å². The fourth-order valence-electron chi connectivity index (χ4n) is 5.73. The Kier molecular flexibility index (Phi) is 5.91. The van der Waals surface area contributed by atoms with Gasteiger partial charge in [0, 0.05) is 49.3 Å². The Morgan fingerprint density at radius 2 is 2.06 bits per heavy atom. The van der Waals surface area contributed by atoms with E-state index in [0.717, 1.165) is 23.7 Å². The van der Waals surface area contributed by atoms with Crippen molar-refractivity contribution in [3.63, 3.8) is 0 Å². The van der Waals surface area contributed by atoms with Crippen molar-refractivity contribution in [2.75, 3.05) is 31.1 Å². The number of likely N-dealkylation sites (tertiary alicyclic amines) is 1. The minimum absolute atomic E-state index is 0.0182. The molecule has 7 nitrogen and oxygen atoms in total. The first kappa shape index (κ1) is 24.4. The molecule has 1 spiro atoms. The van der Waals surface area contributed by atoms with Gasteiger partial charge >= 0.3 is 6.09 Å². The van der Waals surface area contributed by atoms with Crippen LogP contribution in [0.1, 0.15) is 45.4 Å². The monoisotopic (exact) mass is 495 g/mol. The van der Waals surface area contributed by atoms with Crippen LogP contribution >= 0.6 is 0 Å². The van der Waals surface area contributed by atoms with Crippen molar-refractivity contribution in [2.24, 2.45) is 5.41 Å². The topological polar surface area (TPSA) is 62.1 Å². The molecule has 3 aliphatic heterocycles. The van der Waals surface area contributed by atoms with Crippen LogP contribution in [0, 0.1) is 23.6 Å². The standard InChI is InChI=1S/C27H31F2N5O2/c1-16-27(14-33(15-27)25(35)36-26(2,3)4)9-11-34(16)24-23(30-5)22(18-7-6-17(28)12-20(18)29)19-8-10-31-13-21(19)32-24/h6-7,12,16,31H,8-11,13-15H2,1-4H3/t16-/m1/s1. The van der Waals surface area contributed by atoms with Crippen LogP contribution in [0.15, 0.2) is 18.2 Å². The minimum atomic E-state index is -0.685. The van der Waals surface area contributed by atoms with Gasteiger partial charge in [0.2, 0.25) is 5.69 Å². The van der Waals surface area contributed by atoms with Crippen molar-refractivity contribution in [3.8, 4) is 11.1 Å². The second-order valence-corrected chi connectivity index (χ2v) is 11.1. The molecule has 4 heterocycles. The number of hydrogen-bond donors (Lipinski definition) is 1. The van der Waals surface area contributed by atoms with Crippen molar-refractivity contribution in [1.82, 2.24) is 15.2 Å². The van der Waals surface area contributed by atoms with Gasteiger partial charge in [0.25, 0.3) is 0 Å². The first-order chi connectivity index (χ1) is 17.0. The zero-order valence-corrected chi connectivity index (χ0v) is 21.1. The van der Waals surface area contributed by atoms with Gasteiger partial charge in [-0.1, -0.05) is 0 Å². The number of fused-ring (bicyclic) bond motifs is 1. The van der Waals surface area contributed by atoms with Gasteiger partial charge in [-0.2, -0.15) is 0 Å². The normalized spacial score (nSPS) is 20.6. The van der Waals surface area contributed by atoms with E-state index in [1.807, 2.05) is 20.8 Å². The van der Waals surface area contributed by atoms with Gasteiger partial charge in [-0.25, -0.2) is 23.4 Å². The van der Waals surface area contributed by atoms with Crippen LogP contribution in [0.5, 0.6) is 0 Å². The lowest BCUT2D eigenvalue weighted by atomic mass is 9.74. The van der Waals surface area contributed by atoms with E-state index in [-0.39, 0.29) is 23.1 Å². The molecule has 0 aliphatic carbocycles. The predicted octanol–water partition coefficient (Wildman–Crippen LogP) is 5.06. The highest BCUT2D eigenvalue weighted by atomic mass is 19.1. The van der Waals surface area contributed by atoms with Gasteiger partial charge < -0.3 is 19.9 Å². The molecule has 0 bridgehead atoms. The summed E-state index contributed by atoms with van der Waals surface area (Å²) in [7, 11) is 0. The number of ether oxygens (including phenoxy) is 1. The average molecular weight is 496 g/mol. The second kappa shape index (κ2) is 8.70. The van der Waals surface area contributed by atoms with Crippen molar-refractivity contribution in [3.05, 3.63) is 52.5 Å². The number of pyridine rings is 1. The van der Waals surface area contributed by atoms with E-state index in [0.29, 0.717) is 56.2 Å². The van der Waals surface area contributed by atoms with E-state index < -0.39 is 17.2 Å². The summed E-state index contributed by atoms with van der Waals surface area (Å²) in [4.78, 5) is 25.2. The average Bonchev–Trinajstić information content (AvgIpc) is 3.13. The lowest BCUT2D eigenvalue weighted by Crippen LogP contribution is -2.63. The highest BCUT2D eigenvalue weighted by Crippen LogP contribution is 2.50. The van der Waals surface area contributed by atoms with Crippen LogP contribution in [0.2, 0.25) is 0 Å². The third kappa shape index (κ3) is 4.07. The lowest BCUT2D eigenvalue weighted by Gasteiger charge is -2.51. The molecular formula is C27H31F2N5O2. The number of amides is 1. The number of aromatic nitrogens is 1. The summed E-state index contributed by atoms with van der Waals surface area (Å²) in [5.74, 6) is -0.804. The van der Waals surface area contributed by atoms with E-state index in [9.17, 15) is 13.6 Å². The number of nitrogens with one attached hydrogen (secondary N) is 1. The quantitative estimate of drug-likeness (QED) is 0.591. The molecule has 190 valence electrons. The Hall–Kier alpha value is -3.25. The number of carbonyl (C=O) groups excluding carboxylic acids is 1. The van der Waals surface area contributed by atoms with Crippen molar-refractivity contribution < 1.29 is 18.3 Å². The van der Waals surface area contributed by atoms with Crippen LogP contribution in [-0.4, -0.2) is 53.8 Å². The maximum atomic E-state index is 15.0. The molecule has 5 rings (SSSR count). The number of halogens is 2. The highest BCUT2D eigenvalue weighted by Gasteiger charge is 2.55. The molecule has 2 saturated heterocycles. The van der Waals surface area contributed by atoms with E-state index in [4.69, 9.17) is 16.3 Å². The molecule has 0 saturated carbocycles. The number of rotatable bonds is 2. The Morgan fingerprint density at radius 3 is 2.72 bits per heavy atom. The molecule has 1 aromatic heterocycles. The van der Waals surface area contributed by atoms with Crippen molar-refractivity contribution in [2.45, 2.75) is 58.7 Å². The van der Waals surface area contributed by atoms with Gasteiger partial charge in [0.05, 0.1) is 12.3 Å². The molecule has 1 aromatic carbocycles. The summed E-state index contributed by atoms with van der Waals surface area (Å²) in [5.41, 5.74) is 2.01. The molecule has 2 fully saturated rings. The largest absolute Gasteiger partial charge is 0.444 e. The SMILES string of the molecule is [C-]#[N+]c1c(N2CCC3(CN(C(=O)OC(C)(C)C)C3)[C@H]2C)nc2c(c1-c1ccc(F)cc1F)CCNC2. The van der Waals surface area contributed by atoms with Gasteiger partial charge in [0.15, 0.2) is 0 Å². The zero-order chi connectivity index (χ0) is 25.8. The molecule has 1 atom stereocenters. The van der Waals surface area contributed by atoms with Gasteiger partial charge in [-0.15, -0.1) is 0 Å². The van der Waals surface area contributed by atoms with Gasteiger partial charge in [0.1, 0.15) is 23.1 Å². The first-order valence-corrected chi connectivity index (χ1v) is 12.4. The first-order valence-electron chi connectivity index (χ1n) is 12.4. The molecule has 0 unspecified atom stereocenters. The zero-order valence-electron chi connectivity index (χ0n) is 21.1. The molecule has 3 aliphatic rings. The molecule has 0 radical (unpaired) electrons. The van der Waals surface area contributed by atoms with Crippen molar-refractivity contribution in [1.29, 1.82) is 0 Å². The van der Waals surface area contributed by atoms with Crippen LogP contribution in [0.25, 0.3) is 16.0 Å². The Balaban J connectivity index is 1.51. The third-order valence-corrected chi connectivity index (χ3v) is 7.64. The number of hydrogen-bond acceptors (Lipinski definition) is 5. The van der Waals surface area contributed by atoms with Gasteiger partial charge in [-0.05, 0) is 70.3 Å². The summed E-state index contributed by atoms with van der Waals surface area (Å²) < 4.78 is 34.2. The van der Waals surface area contributed by atoms with Gasteiger partial charge in [-0.3, -0.25) is 0 Å². The Labute approximate surface area is 210 Å². The Bertz CT molecular complexity index is 1260. The number of anilines is 1. The fourth-order valence-corrected chi connectivity index (χ4v) is 5.73. The summed E-state index contributed by atoms with van der Waals surface area (Å²) in [6, 6.07) is 3.53. The van der Waals surface area contributed by atoms with Crippen molar-refractivity contribution >= 4 is 17.6 Å². The molecule has 2 aromatic rings. The van der Waals surface area contributed by atoms with Crippen LogP contribution < -0.4 is 10.2 Å². The smallest absolute Gasteiger partial charge is 0.410 e. The van der Waals surface area contributed by atoms with Crippen LogP contribution in [0.3, 0.4) is 0 Å². The maximum absolute atomic E-state index is 15.0. The lowest BCUT2D eigenvalue weighted by molar-refractivity contribution is -0.0355. The van der Waals surface area contributed by atoms with E-state index >= 15 is 0 Å². The number of nitrogens with zero attached hydrogens (tertiary/aromatic N) is 4. The molecule has 1 N–H and O–H groups in total. The highest BCUT2D eigenvalue weighted by molar-refractivity contribution is 5.90. The van der Waals surface area contributed by atoms with Crippen LogP contribution in [-0.2, 0) is 17.7 Å². The Morgan fingerprint density at radius 1 is 1.31 bits per heavy atom. The molecule has 36 heavy (non-hydrogen) atoms. The summed E-state index contributed by atoms with van der Waals surface area (Å²) in [6.07, 6.45) is 1.15.